The summed E-state index contributed by atoms with van der Waals surface area (Å²) in [6.45, 7) is 0. The Bertz CT molecular complexity index is 1180. The molecule has 0 aliphatic carbocycles. The number of fused-ring (bicyclic) bond motifs is 2. The van der Waals surface area contributed by atoms with Crippen LogP contribution in [0.25, 0.3) is 21.5 Å². The molecule has 3 heteroatoms. The Morgan fingerprint density at radius 1 is 0.750 bits per heavy atom. The summed E-state index contributed by atoms with van der Waals surface area (Å²) < 4.78 is 5.84. The molecule has 0 aromatic heterocycles. The predicted molar refractivity (Wildman–Crippen MR) is 117 cm³/mol. The Morgan fingerprint density at radius 3 is 2.29 bits per heavy atom. The van der Waals surface area contributed by atoms with Gasteiger partial charge in [0.25, 0.3) is 0 Å². The molecule has 1 aliphatic rings. The number of hydrogen-bond acceptors (Lipinski definition) is 2. The standard InChI is InChI=1S/C25H21O2S/c26-25(20-12-11-18-7-1-2-8-19(18)17-20)27-23-13-14-24(28-15-5-6-16-28)22-10-4-3-9-21(22)23/h1-4,7-14,17H,5-6,15-16H2/q+1. The van der Waals surface area contributed by atoms with E-state index in [1.54, 1.807) is 0 Å². The number of carbonyl (C=O) groups is 1. The lowest BCUT2D eigenvalue weighted by molar-refractivity contribution is 0.0737. The van der Waals surface area contributed by atoms with Crippen LogP contribution in [0.3, 0.4) is 0 Å². The van der Waals surface area contributed by atoms with Crippen molar-refractivity contribution in [2.45, 2.75) is 17.7 Å². The number of esters is 1. The fourth-order valence-electron chi connectivity index (χ4n) is 3.93. The predicted octanol–water partition coefficient (Wildman–Crippen LogP) is 5.98. The van der Waals surface area contributed by atoms with Crippen LogP contribution < -0.4 is 4.74 Å². The van der Waals surface area contributed by atoms with Crippen LogP contribution in [0.15, 0.2) is 83.8 Å². The maximum Gasteiger partial charge on any atom is 0.343 e. The van der Waals surface area contributed by atoms with Gasteiger partial charge in [-0.05, 0) is 53.9 Å². The first kappa shape index (κ1) is 17.3. The van der Waals surface area contributed by atoms with Gasteiger partial charge in [-0.25, -0.2) is 4.79 Å². The van der Waals surface area contributed by atoms with E-state index in [2.05, 4.69) is 24.3 Å². The Labute approximate surface area is 167 Å². The zero-order chi connectivity index (χ0) is 18.9. The molecule has 4 aromatic rings. The van der Waals surface area contributed by atoms with Crippen LogP contribution in [0.1, 0.15) is 23.2 Å². The van der Waals surface area contributed by atoms with Gasteiger partial charge in [0.15, 0.2) is 4.90 Å². The summed E-state index contributed by atoms with van der Waals surface area (Å²) in [5, 5.41) is 4.40. The van der Waals surface area contributed by atoms with E-state index in [0.717, 1.165) is 16.2 Å². The lowest BCUT2D eigenvalue weighted by atomic mass is 10.1. The molecule has 0 spiro atoms. The summed E-state index contributed by atoms with van der Waals surface area (Å²) in [4.78, 5) is 14.2. The van der Waals surface area contributed by atoms with Gasteiger partial charge in [0.1, 0.15) is 17.3 Å². The molecule has 0 radical (unpaired) electrons. The van der Waals surface area contributed by atoms with Crippen molar-refractivity contribution in [1.29, 1.82) is 0 Å². The summed E-state index contributed by atoms with van der Waals surface area (Å²) >= 11 is 0. The van der Waals surface area contributed by atoms with Crippen molar-refractivity contribution >= 4 is 38.4 Å². The fraction of sp³-hybridized carbons (Fsp3) is 0.160. The minimum atomic E-state index is -0.313. The van der Waals surface area contributed by atoms with Crippen molar-refractivity contribution in [3.05, 3.63) is 84.4 Å². The Balaban J connectivity index is 1.50. The molecule has 138 valence electrons. The van der Waals surface area contributed by atoms with Crippen molar-refractivity contribution in [2.75, 3.05) is 11.5 Å². The first-order valence-corrected chi connectivity index (χ1v) is 11.3. The van der Waals surface area contributed by atoms with Gasteiger partial charge >= 0.3 is 5.97 Å². The molecule has 0 saturated carbocycles. The second kappa shape index (κ2) is 7.33. The van der Waals surface area contributed by atoms with E-state index in [0.29, 0.717) is 22.2 Å². The van der Waals surface area contributed by atoms with E-state index in [4.69, 9.17) is 4.74 Å². The number of ether oxygens (including phenoxy) is 1. The zero-order valence-corrected chi connectivity index (χ0v) is 16.4. The Morgan fingerprint density at radius 2 is 1.46 bits per heavy atom. The second-order valence-electron chi connectivity index (χ2n) is 7.17. The van der Waals surface area contributed by atoms with E-state index in [-0.39, 0.29) is 5.97 Å². The highest BCUT2D eigenvalue weighted by Crippen LogP contribution is 2.35. The van der Waals surface area contributed by atoms with Crippen LogP contribution in [-0.2, 0) is 10.9 Å². The third-order valence-corrected chi connectivity index (χ3v) is 7.92. The van der Waals surface area contributed by atoms with Crippen LogP contribution in [0.5, 0.6) is 5.75 Å². The molecule has 0 unspecified atom stereocenters. The van der Waals surface area contributed by atoms with Gasteiger partial charge in [0, 0.05) is 21.7 Å². The molecule has 0 atom stereocenters. The summed E-state index contributed by atoms with van der Waals surface area (Å²) in [5.41, 5.74) is 0.574. The van der Waals surface area contributed by atoms with E-state index in [1.807, 2.05) is 54.6 Å². The minimum Gasteiger partial charge on any atom is -0.422 e. The average molecular weight is 386 g/mol. The molecule has 5 rings (SSSR count). The third-order valence-electron chi connectivity index (χ3n) is 5.37. The molecule has 4 aromatic carbocycles. The average Bonchev–Trinajstić information content (AvgIpc) is 3.28. The third kappa shape index (κ3) is 3.16. The zero-order valence-electron chi connectivity index (χ0n) is 15.6. The normalized spacial score (nSPS) is 14.6. The number of carbonyl (C=O) groups excluding carboxylic acids is 1. The number of rotatable bonds is 3. The largest absolute Gasteiger partial charge is 0.422 e. The van der Waals surface area contributed by atoms with Crippen molar-refractivity contribution in [2.24, 2.45) is 0 Å². The molecule has 1 saturated heterocycles. The topological polar surface area (TPSA) is 26.3 Å². The SMILES string of the molecule is O=C(Oc1ccc([S+]2CCCC2)c2ccccc12)c1ccc2ccccc2c1. The van der Waals surface area contributed by atoms with E-state index >= 15 is 0 Å². The first-order chi connectivity index (χ1) is 13.8. The Hall–Kier alpha value is -2.78. The van der Waals surface area contributed by atoms with Crippen LogP contribution >= 0.6 is 0 Å². The molecule has 1 heterocycles. The smallest absolute Gasteiger partial charge is 0.343 e. The lowest BCUT2D eigenvalue weighted by Crippen LogP contribution is -2.10. The van der Waals surface area contributed by atoms with Gasteiger partial charge < -0.3 is 4.74 Å². The van der Waals surface area contributed by atoms with Crippen LogP contribution in [-0.4, -0.2) is 17.5 Å². The van der Waals surface area contributed by atoms with Crippen LogP contribution in [0.2, 0.25) is 0 Å². The molecule has 1 fully saturated rings. The molecule has 1 aliphatic heterocycles. The van der Waals surface area contributed by atoms with Gasteiger partial charge in [0.05, 0.1) is 5.56 Å². The molecule has 0 amide bonds. The molecule has 0 bridgehead atoms. The highest BCUT2D eigenvalue weighted by atomic mass is 32.2. The minimum absolute atomic E-state index is 0.313. The first-order valence-electron chi connectivity index (χ1n) is 9.70. The van der Waals surface area contributed by atoms with Gasteiger partial charge in [-0.1, -0.05) is 48.5 Å². The fourth-order valence-corrected chi connectivity index (χ4v) is 6.43. The van der Waals surface area contributed by atoms with Gasteiger partial charge in [0.2, 0.25) is 0 Å². The van der Waals surface area contributed by atoms with Crippen molar-refractivity contribution in [3.63, 3.8) is 0 Å². The summed E-state index contributed by atoms with van der Waals surface area (Å²) in [6, 6.07) is 26.2. The maximum absolute atomic E-state index is 12.8. The second-order valence-corrected chi connectivity index (χ2v) is 9.41. The van der Waals surface area contributed by atoms with Crippen molar-refractivity contribution in [3.8, 4) is 5.75 Å². The molecule has 28 heavy (non-hydrogen) atoms. The lowest BCUT2D eigenvalue weighted by Gasteiger charge is -2.11. The van der Waals surface area contributed by atoms with E-state index in [1.165, 1.54) is 34.6 Å². The van der Waals surface area contributed by atoms with Crippen molar-refractivity contribution < 1.29 is 9.53 Å². The van der Waals surface area contributed by atoms with E-state index in [9.17, 15) is 4.79 Å². The quantitative estimate of drug-likeness (QED) is 0.246. The molecule has 0 N–H and O–H groups in total. The van der Waals surface area contributed by atoms with Gasteiger partial charge in [-0.15, -0.1) is 0 Å². The monoisotopic (exact) mass is 385 g/mol. The van der Waals surface area contributed by atoms with Crippen molar-refractivity contribution in [1.82, 2.24) is 0 Å². The number of hydrogen-bond donors (Lipinski definition) is 0. The highest BCUT2D eigenvalue weighted by molar-refractivity contribution is 7.97. The summed E-state index contributed by atoms with van der Waals surface area (Å²) in [7, 11) is 0.322. The molecule has 2 nitrogen and oxygen atoms in total. The van der Waals surface area contributed by atoms with Crippen LogP contribution in [0.4, 0.5) is 0 Å². The highest BCUT2D eigenvalue weighted by Gasteiger charge is 2.29. The molecular formula is C25H21O2S+. The van der Waals surface area contributed by atoms with Gasteiger partial charge in [-0.2, -0.15) is 0 Å². The number of benzene rings is 4. The Kier molecular flexibility index (Phi) is 4.53. The van der Waals surface area contributed by atoms with Crippen LogP contribution in [0, 0.1) is 0 Å². The maximum atomic E-state index is 12.8. The van der Waals surface area contributed by atoms with E-state index < -0.39 is 0 Å². The summed E-state index contributed by atoms with van der Waals surface area (Å²) in [5.74, 6) is 2.88. The molecular weight excluding hydrogens is 364 g/mol. The summed E-state index contributed by atoms with van der Waals surface area (Å²) in [6.07, 6.45) is 2.63. The van der Waals surface area contributed by atoms with Gasteiger partial charge in [-0.3, -0.25) is 0 Å².